The van der Waals surface area contributed by atoms with Crippen LogP contribution in [0.3, 0.4) is 0 Å². The fourth-order valence-electron chi connectivity index (χ4n) is 5.70. The van der Waals surface area contributed by atoms with E-state index in [1.165, 1.54) is 12.8 Å². The summed E-state index contributed by atoms with van der Waals surface area (Å²) >= 11 is 0. The van der Waals surface area contributed by atoms with E-state index in [4.69, 9.17) is 9.47 Å². The lowest BCUT2D eigenvalue weighted by Gasteiger charge is -2.45. The van der Waals surface area contributed by atoms with Crippen LogP contribution in [0.2, 0.25) is 0 Å². The second-order valence-electron chi connectivity index (χ2n) is 10.0. The molecule has 3 aliphatic rings. The molecule has 2 amide bonds. The van der Waals surface area contributed by atoms with Gasteiger partial charge >= 0.3 is 0 Å². The van der Waals surface area contributed by atoms with Crippen molar-refractivity contribution in [3.05, 3.63) is 30.0 Å². The van der Waals surface area contributed by atoms with Gasteiger partial charge in [0.25, 0.3) is 5.91 Å². The third-order valence-electron chi connectivity index (χ3n) is 7.73. The van der Waals surface area contributed by atoms with Gasteiger partial charge in [-0.15, -0.1) is 0 Å². The van der Waals surface area contributed by atoms with Crippen LogP contribution in [0.5, 0.6) is 5.75 Å². The Bertz CT molecular complexity index is 1030. The lowest BCUT2D eigenvalue weighted by atomic mass is 9.93. The maximum Gasteiger partial charge on any atom is 0.271 e. The fraction of sp³-hybridized carbons (Fsp3) is 0.615. The van der Waals surface area contributed by atoms with Crippen molar-refractivity contribution in [1.82, 2.24) is 14.8 Å². The third-order valence-corrected chi connectivity index (χ3v) is 7.73. The van der Waals surface area contributed by atoms with Crippen molar-refractivity contribution >= 4 is 22.7 Å². The molecular formula is C26H35N3O4. The molecule has 7 heteroatoms. The zero-order valence-electron chi connectivity index (χ0n) is 19.8. The largest absolute Gasteiger partial charge is 0.497 e. The van der Waals surface area contributed by atoms with Gasteiger partial charge in [-0.05, 0) is 50.8 Å². The lowest BCUT2D eigenvalue weighted by Crippen LogP contribution is -2.66. The van der Waals surface area contributed by atoms with Gasteiger partial charge in [0.15, 0.2) is 0 Å². The Hall–Kier alpha value is -2.54. The molecule has 0 bridgehead atoms. The minimum atomic E-state index is -0.989. The van der Waals surface area contributed by atoms with Crippen molar-refractivity contribution in [3.63, 3.8) is 0 Å². The molecule has 0 spiro atoms. The number of fused-ring (bicyclic) bond motifs is 3. The first-order valence-electron chi connectivity index (χ1n) is 12.4. The Morgan fingerprint density at radius 2 is 1.94 bits per heavy atom. The normalized spacial score (nSPS) is 26.3. The number of ether oxygens (including phenoxy) is 2. The zero-order valence-corrected chi connectivity index (χ0v) is 19.8. The highest BCUT2D eigenvalue weighted by Crippen LogP contribution is 2.35. The van der Waals surface area contributed by atoms with Crippen LogP contribution in [-0.2, 0) is 16.1 Å². The standard InChI is InChI=1S/C26H35N3O4/c1-26(25(31)27-19-8-5-3-4-6-9-19)17-28-22-15-20(32-2)12-11-18(22)14-23(28)24(30)29(26)16-21-10-7-13-33-21/h11-12,14-15,19,21H,3-10,13,16-17H2,1-2H3,(H,27,31)/t21-,26+/m0/s1. The van der Waals surface area contributed by atoms with Crippen LogP contribution < -0.4 is 10.1 Å². The van der Waals surface area contributed by atoms with Gasteiger partial charge in [-0.2, -0.15) is 0 Å². The number of aromatic nitrogens is 1. The van der Waals surface area contributed by atoms with Crippen LogP contribution in [0.4, 0.5) is 0 Å². The molecule has 2 aliphatic heterocycles. The highest BCUT2D eigenvalue weighted by atomic mass is 16.5. The number of methoxy groups -OCH3 is 1. The minimum Gasteiger partial charge on any atom is -0.497 e. The first kappa shape index (κ1) is 22.3. The van der Waals surface area contributed by atoms with Crippen LogP contribution in [0.25, 0.3) is 10.9 Å². The number of hydrogen-bond donors (Lipinski definition) is 1. The number of hydrogen-bond acceptors (Lipinski definition) is 4. The quantitative estimate of drug-likeness (QED) is 0.698. The summed E-state index contributed by atoms with van der Waals surface area (Å²) in [6.07, 6.45) is 8.67. The van der Waals surface area contributed by atoms with Gasteiger partial charge in [0, 0.05) is 30.6 Å². The average molecular weight is 454 g/mol. The maximum atomic E-state index is 13.8. The molecule has 1 saturated carbocycles. The Morgan fingerprint density at radius 3 is 2.64 bits per heavy atom. The van der Waals surface area contributed by atoms with Crippen molar-refractivity contribution in [3.8, 4) is 5.75 Å². The Labute approximate surface area is 195 Å². The molecule has 3 heterocycles. The number of carbonyl (C=O) groups excluding carboxylic acids is 2. The SMILES string of the molecule is COc1ccc2cc3n(c2c1)C[C@](C)(C(=O)NC1CCCCCC1)N(C[C@@H]1CCCO1)C3=O. The lowest BCUT2D eigenvalue weighted by molar-refractivity contribution is -0.134. The minimum absolute atomic E-state index is 0.0185. The monoisotopic (exact) mass is 453 g/mol. The number of benzene rings is 1. The smallest absolute Gasteiger partial charge is 0.271 e. The van der Waals surface area contributed by atoms with E-state index >= 15 is 0 Å². The van der Waals surface area contributed by atoms with E-state index in [1.807, 2.05) is 35.8 Å². The third kappa shape index (κ3) is 4.12. The van der Waals surface area contributed by atoms with Crippen LogP contribution in [0.1, 0.15) is 68.8 Å². The van der Waals surface area contributed by atoms with E-state index < -0.39 is 5.54 Å². The second kappa shape index (κ2) is 9.01. The van der Waals surface area contributed by atoms with E-state index in [2.05, 4.69) is 5.32 Å². The van der Waals surface area contributed by atoms with Crippen LogP contribution >= 0.6 is 0 Å². The topological polar surface area (TPSA) is 72.8 Å². The summed E-state index contributed by atoms with van der Waals surface area (Å²) < 4.78 is 13.3. The summed E-state index contributed by atoms with van der Waals surface area (Å²) in [7, 11) is 1.64. The number of nitrogens with one attached hydrogen (secondary N) is 1. The van der Waals surface area contributed by atoms with Gasteiger partial charge in [0.1, 0.15) is 17.0 Å². The molecule has 1 aromatic heterocycles. The van der Waals surface area contributed by atoms with Gasteiger partial charge in [-0.3, -0.25) is 9.59 Å². The Balaban J connectivity index is 1.51. The molecule has 1 aliphatic carbocycles. The van der Waals surface area contributed by atoms with Gasteiger partial charge in [0.2, 0.25) is 5.91 Å². The molecule has 5 rings (SSSR count). The first-order chi connectivity index (χ1) is 16.0. The van der Waals surface area contributed by atoms with Crippen LogP contribution in [0.15, 0.2) is 24.3 Å². The highest BCUT2D eigenvalue weighted by Gasteiger charge is 2.49. The predicted molar refractivity (Wildman–Crippen MR) is 127 cm³/mol. The molecular weight excluding hydrogens is 418 g/mol. The summed E-state index contributed by atoms with van der Waals surface area (Å²) in [5.74, 6) is 0.573. The molecule has 1 saturated heterocycles. The van der Waals surface area contributed by atoms with Gasteiger partial charge < -0.3 is 24.3 Å². The van der Waals surface area contributed by atoms with E-state index in [9.17, 15) is 9.59 Å². The summed E-state index contributed by atoms with van der Waals surface area (Å²) in [4.78, 5) is 29.4. The Kier molecular flexibility index (Phi) is 6.08. The zero-order chi connectivity index (χ0) is 23.0. The van der Waals surface area contributed by atoms with Crippen molar-refractivity contribution in [1.29, 1.82) is 0 Å². The van der Waals surface area contributed by atoms with E-state index in [-0.39, 0.29) is 24.0 Å². The molecule has 0 radical (unpaired) electrons. The van der Waals surface area contributed by atoms with Crippen molar-refractivity contribution in [2.24, 2.45) is 0 Å². The summed E-state index contributed by atoms with van der Waals surface area (Å²) in [5.41, 5.74) is 0.552. The molecule has 2 fully saturated rings. The predicted octanol–water partition coefficient (Wildman–Crippen LogP) is 3.88. The van der Waals surface area contributed by atoms with Gasteiger partial charge in [-0.25, -0.2) is 0 Å². The summed E-state index contributed by atoms with van der Waals surface area (Å²) in [6, 6.07) is 7.94. The molecule has 1 N–H and O–H groups in total. The molecule has 178 valence electrons. The van der Waals surface area contributed by atoms with Crippen molar-refractivity contribution in [2.75, 3.05) is 20.3 Å². The molecule has 2 aromatic rings. The van der Waals surface area contributed by atoms with Gasteiger partial charge in [0.05, 0.1) is 25.3 Å². The average Bonchev–Trinajstić information content (AvgIpc) is 3.38. The first-order valence-corrected chi connectivity index (χ1v) is 12.4. The number of rotatable bonds is 5. The van der Waals surface area contributed by atoms with E-state index in [0.29, 0.717) is 18.8 Å². The van der Waals surface area contributed by atoms with Crippen molar-refractivity contribution < 1.29 is 19.1 Å². The number of amides is 2. The second-order valence-corrected chi connectivity index (χ2v) is 10.0. The number of carbonyl (C=O) groups is 2. The highest BCUT2D eigenvalue weighted by molar-refractivity contribution is 6.03. The van der Waals surface area contributed by atoms with Gasteiger partial charge in [-0.1, -0.05) is 25.7 Å². The molecule has 7 nitrogen and oxygen atoms in total. The van der Waals surface area contributed by atoms with Crippen LogP contribution in [-0.4, -0.2) is 59.2 Å². The van der Waals surface area contributed by atoms with E-state index in [1.54, 1.807) is 12.0 Å². The van der Waals surface area contributed by atoms with Crippen molar-refractivity contribution in [2.45, 2.75) is 82.5 Å². The molecule has 1 aromatic carbocycles. The summed E-state index contributed by atoms with van der Waals surface area (Å²) in [5, 5.41) is 4.30. The molecule has 33 heavy (non-hydrogen) atoms. The maximum absolute atomic E-state index is 13.8. The molecule has 2 atom stereocenters. The van der Waals surface area contributed by atoms with Crippen LogP contribution in [0, 0.1) is 0 Å². The Morgan fingerprint density at radius 1 is 1.15 bits per heavy atom. The molecule has 0 unspecified atom stereocenters. The van der Waals surface area contributed by atoms with E-state index in [0.717, 1.165) is 61.8 Å². The fourth-order valence-corrected chi connectivity index (χ4v) is 5.70. The number of nitrogens with zero attached hydrogens (tertiary/aromatic N) is 2. The summed E-state index contributed by atoms with van der Waals surface area (Å²) in [6.45, 7) is 3.49.